The number of hydrogen-bond acceptors (Lipinski definition) is 6. The van der Waals surface area contributed by atoms with Gasteiger partial charge in [0, 0.05) is 34.3 Å². The number of rotatable bonds is 4. The molecule has 3 N–H and O–H groups in total. The Labute approximate surface area is 187 Å². The molecule has 156 valence electrons. The van der Waals surface area contributed by atoms with E-state index >= 15 is 0 Å². The van der Waals surface area contributed by atoms with Crippen molar-refractivity contribution in [3.63, 3.8) is 0 Å². The average molecular weight is 439 g/mol. The fraction of sp³-hybridized carbons (Fsp3) is 0.0833. The van der Waals surface area contributed by atoms with E-state index in [1.54, 1.807) is 18.5 Å². The maximum Gasteiger partial charge on any atom is 0.259 e. The Morgan fingerprint density at radius 2 is 2.09 bits per heavy atom. The zero-order valence-corrected chi connectivity index (χ0v) is 17.9. The van der Waals surface area contributed by atoms with Crippen LogP contribution in [0.4, 0.5) is 5.82 Å². The Hall–Kier alpha value is -4.22. The van der Waals surface area contributed by atoms with Crippen molar-refractivity contribution in [3.05, 3.63) is 77.1 Å². The van der Waals surface area contributed by atoms with E-state index in [1.807, 2.05) is 48.7 Å². The Kier molecular flexibility index (Phi) is 4.81. The highest BCUT2D eigenvalue weighted by Crippen LogP contribution is 2.34. The molecule has 0 saturated heterocycles. The number of amides is 1. The van der Waals surface area contributed by atoms with E-state index in [2.05, 4.69) is 21.3 Å². The quantitative estimate of drug-likeness (QED) is 0.412. The normalized spacial score (nSPS) is 12.0. The molecule has 7 nitrogen and oxygen atoms in total. The van der Waals surface area contributed by atoms with Crippen LogP contribution >= 0.6 is 11.3 Å². The molecule has 0 unspecified atom stereocenters. The number of carbonyl (C=O) groups is 1. The molecule has 4 aromatic heterocycles. The second kappa shape index (κ2) is 7.80. The molecular formula is C24H18N6OS. The number of terminal acetylenes is 1. The summed E-state index contributed by atoms with van der Waals surface area (Å²) in [4.78, 5) is 23.1. The van der Waals surface area contributed by atoms with Crippen molar-refractivity contribution in [1.29, 1.82) is 0 Å². The number of carbonyl (C=O) groups excluding carboxylic acids is 1. The lowest BCUT2D eigenvalue weighted by molar-refractivity contribution is 0.0941. The van der Waals surface area contributed by atoms with Crippen LogP contribution < -0.4 is 11.1 Å². The molecule has 1 atom stereocenters. The fourth-order valence-corrected chi connectivity index (χ4v) is 4.59. The zero-order valence-electron chi connectivity index (χ0n) is 17.1. The first-order valence-corrected chi connectivity index (χ1v) is 10.8. The fourth-order valence-electron chi connectivity index (χ4n) is 3.72. The number of fused-ring (bicyclic) bond motifs is 2. The van der Waals surface area contributed by atoms with Crippen molar-refractivity contribution in [1.82, 2.24) is 24.9 Å². The molecule has 5 rings (SSSR count). The average Bonchev–Trinajstić information content (AvgIpc) is 3.37. The van der Waals surface area contributed by atoms with Gasteiger partial charge >= 0.3 is 0 Å². The monoisotopic (exact) mass is 438 g/mol. The number of nitrogens with one attached hydrogen (secondary N) is 1. The van der Waals surface area contributed by atoms with E-state index < -0.39 is 6.04 Å². The molecule has 8 heteroatoms. The summed E-state index contributed by atoms with van der Waals surface area (Å²) < 4.78 is 1.49. The lowest BCUT2D eigenvalue weighted by Crippen LogP contribution is -2.28. The van der Waals surface area contributed by atoms with Crippen molar-refractivity contribution in [2.24, 2.45) is 0 Å². The Morgan fingerprint density at radius 1 is 1.28 bits per heavy atom. The number of nitrogen functional groups attached to an aromatic ring is 1. The van der Waals surface area contributed by atoms with Gasteiger partial charge in [-0.15, -0.1) is 22.9 Å². The van der Waals surface area contributed by atoms with Gasteiger partial charge in [0.05, 0.1) is 11.7 Å². The third-order valence-corrected chi connectivity index (χ3v) is 6.13. The van der Waals surface area contributed by atoms with Crippen LogP contribution in [-0.2, 0) is 0 Å². The molecule has 0 spiro atoms. The number of thiophene rings is 1. The summed E-state index contributed by atoms with van der Waals surface area (Å²) in [6, 6.07) is 13.3. The first-order chi connectivity index (χ1) is 15.6. The standard InChI is InChI=1S/C24H18N6OS/c1-3-15-13-32-24-18(15)12-17(16-8-5-4-6-9-16)20(28-24)14(2)27-23(31)19-21(25)29-30-11-7-10-26-22(19)30/h1,4-14H,2H3,(H2,25,29)(H,27,31)/t14-/m1/s1. The van der Waals surface area contributed by atoms with Gasteiger partial charge in [-0.25, -0.2) is 14.5 Å². The van der Waals surface area contributed by atoms with Gasteiger partial charge in [-0.2, -0.15) is 0 Å². The van der Waals surface area contributed by atoms with Gasteiger partial charge < -0.3 is 11.1 Å². The van der Waals surface area contributed by atoms with Crippen LogP contribution in [0.3, 0.4) is 0 Å². The van der Waals surface area contributed by atoms with E-state index in [9.17, 15) is 4.79 Å². The summed E-state index contributed by atoms with van der Waals surface area (Å²) in [5, 5.41) is 10.0. The summed E-state index contributed by atoms with van der Waals surface area (Å²) in [6.07, 6.45) is 8.97. The Bertz CT molecular complexity index is 1510. The van der Waals surface area contributed by atoms with Crippen LogP contribution in [0, 0.1) is 12.3 Å². The third-order valence-electron chi connectivity index (χ3n) is 5.24. The molecule has 1 aromatic carbocycles. The lowest BCUT2D eigenvalue weighted by Gasteiger charge is -2.18. The van der Waals surface area contributed by atoms with Crippen molar-refractivity contribution in [3.8, 4) is 23.5 Å². The third kappa shape index (κ3) is 3.25. The molecule has 0 aliphatic carbocycles. The van der Waals surface area contributed by atoms with E-state index in [1.165, 1.54) is 15.9 Å². The molecule has 0 fully saturated rings. The lowest BCUT2D eigenvalue weighted by atomic mass is 9.98. The van der Waals surface area contributed by atoms with Crippen LogP contribution in [0.25, 0.3) is 27.0 Å². The number of benzene rings is 1. The highest BCUT2D eigenvalue weighted by Gasteiger charge is 2.23. The summed E-state index contributed by atoms with van der Waals surface area (Å²) in [5.74, 6) is 2.48. The molecule has 0 saturated carbocycles. The SMILES string of the molecule is C#Cc1csc2nc([C@@H](C)NC(=O)c3c(N)nn4cccnc34)c(-c3ccccc3)cc12. The summed E-state index contributed by atoms with van der Waals surface area (Å²) in [6.45, 7) is 1.89. The van der Waals surface area contributed by atoms with Gasteiger partial charge in [-0.1, -0.05) is 36.3 Å². The van der Waals surface area contributed by atoms with Gasteiger partial charge in [-0.3, -0.25) is 4.79 Å². The molecular weight excluding hydrogens is 420 g/mol. The van der Waals surface area contributed by atoms with Crippen molar-refractivity contribution in [2.45, 2.75) is 13.0 Å². The minimum Gasteiger partial charge on any atom is -0.381 e. The maximum atomic E-state index is 13.2. The number of nitrogens with zero attached hydrogens (tertiary/aromatic N) is 4. The van der Waals surface area contributed by atoms with Crippen molar-refractivity contribution < 1.29 is 4.79 Å². The minimum absolute atomic E-state index is 0.122. The molecule has 1 amide bonds. The van der Waals surface area contributed by atoms with Gasteiger partial charge in [0.1, 0.15) is 10.4 Å². The van der Waals surface area contributed by atoms with Gasteiger partial charge in [0.25, 0.3) is 5.91 Å². The summed E-state index contributed by atoms with van der Waals surface area (Å²) in [5.41, 5.74) is 10.1. The molecule has 4 heterocycles. The molecule has 0 aliphatic rings. The smallest absolute Gasteiger partial charge is 0.259 e. The molecule has 0 radical (unpaired) electrons. The molecule has 32 heavy (non-hydrogen) atoms. The minimum atomic E-state index is -0.406. The first kappa shape index (κ1) is 19.7. The summed E-state index contributed by atoms with van der Waals surface area (Å²) in [7, 11) is 0. The van der Waals surface area contributed by atoms with E-state index in [0.29, 0.717) is 5.65 Å². The number of pyridine rings is 1. The van der Waals surface area contributed by atoms with Crippen LogP contribution in [0.5, 0.6) is 0 Å². The molecule has 0 bridgehead atoms. The van der Waals surface area contributed by atoms with Crippen molar-refractivity contribution >= 4 is 38.9 Å². The summed E-state index contributed by atoms with van der Waals surface area (Å²) >= 11 is 1.49. The Morgan fingerprint density at radius 3 is 2.88 bits per heavy atom. The van der Waals surface area contributed by atoms with Crippen LogP contribution in [0.15, 0.2) is 60.2 Å². The van der Waals surface area contributed by atoms with Gasteiger partial charge in [-0.05, 0) is 24.6 Å². The second-order valence-electron chi connectivity index (χ2n) is 7.28. The maximum absolute atomic E-state index is 13.2. The zero-order chi connectivity index (χ0) is 22.2. The van der Waals surface area contributed by atoms with E-state index in [-0.39, 0.29) is 17.3 Å². The number of hydrogen-bond donors (Lipinski definition) is 2. The van der Waals surface area contributed by atoms with E-state index in [0.717, 1.165) is 32.6 Å². The van der Waals surface area contributed by atoms with E-state index in [4.69, 9.17) is 17.1 Å². The Balaban J connectivity index is 1.58. The number of nitrogens with two attached hydrogens (primary N) is 1. The van der Waals surface area contributed by atoms with Crippen LogP contribution in [-0.4, -0.2) is 25.5 Å². The topological polar surface area (TPSA) is 98.2 Å². The van der Waals surface area contributed by atoms with Crippen LogP contribution in [0.2, 0.25) is 0 Å². The first-order valence-electron chi connectivity index (χ1n) is 9.90. The van der Waals surface area contributed by atoms with Crippen LogP contribution in [0.1, 0.15) is 34.6 Å². The highest BCUT2D eigenvalue weighted by atomic mass is 32.1. The number of aromatic nitrogens is 4. The predicted molar refractivity (Wildman–Crippen MR) is 126 cm³/mol. The van der Waals surface area contributed by atoms with Gasteiger partial charge in [0.15, 0.2) is 11.5 Å². The number of anilines is 1. The second-order valence-corrected chi connectivity index (χ2v) is 8.13. The van der Waals surface area contributed by atoms with Crippen molar-refractivity contribution in [2.75, 3.05) is 5.73 Å². The molecule has 5 aromatic rings. The van der Waals surface area contributed by atoms with Gasteiger partial charge in [0.2, 0.25) is 0 Å². The highest BCUT2D eigenvalue weighted by molar-refractivity contribution is 7.17. The largest absolute Gasteiger partial charge is 0.381 e. The molecule has 0 aliphatic heterocycles. The predicted octanol–water partition coefficient (Wildman–Crippen LogP) is 4.06.